The van der Waals surface area contributed by atoms with Gasteiger partial charge in [-0.2, -0.15) is 0 Å². The molecular weight excluding hydrogens is 498 g/mol. The Morgan fingerprint density at radius 3 is 2.26 bits per heavy atom. The van der Waals surface area contributed by atoms with Crippen LogP contribution in [0.5, 0.6) is 5.75 Å². The number of nitrogens with zero attached hydrogens (tertiary/aromatic N) is 1. The Morgan fingerprint density at radius 1 is 0.947 bits per heavy atom. The maximum atomic E-state index is 14.4. The predicted molar refractivity (Wildman–Crippen MR) is 134 cm³/mol. The minimum atomic E-state index is -4.97. The van der Waals surface area contributed by atoms with Gasteiger partial charge in [0.2, 0.25) is 0 Å². The zero-order chi connectivity index (χ0) is 26.4. The molecule has 0 aromatic heterocycles. The molecule has 1 saturated heterocycles. The standard InChI is InChI=1S/C30H25F4NO3/c31-27-16-18(12-13-28(27)38-30(32,33)34)19-14-20-6-5-7-21(15-19)35(20)29(36)37-17-26-24-10-3-1-8-22(24)23-9-2-4-11-25(23)26/h1-4,8-14,16,20-21,26H,5-7,15,17H2. The maximum absolute atomic E-state index is 14.4. The molecule has 2 aliphatic heterocycles. The Hall–Kier alpha value is -3.81. The maximum Gasteiger partial charge on any atom is 0.573 e. The molecule has 0 N–H and O–H groups in total. The third-order valence-corrected chi connectivity index (χ3v) is 7.71. The van der Waals surface area contributed by atoms with Crippen LogP contribution >= 0.6 is 0 Å². The van der Waals surface area contributed by atoms with Crippen LogP contribution in [-0.4, -0.2) is 36.0 Å². The van der Waals surface area contributed by atoms with E-state index in [4.69, 9.17) is 4.74 Å². The first kappa shape index (κ1) is 24.5. The van der Waals surface area contributed by atoms with Crippen molar-refractivity contribution >= 4 is 11.7 Å². The lowest BCUT2D eigenvalue weighted by Gasteiger charge is -2.44. The highest BCUT2D eigenvalue weighted by Crippen LogP contribution is 2.45. The molecule has 1 amide bonds. The Kier molecular flexibility index (Phi) is 6.13. The van der Waals surface area contributed by atoms with Crippen LogP contribution in [0.4, 0.5) is 22.4 Å². The summed E-state index contributed by atoms with van der Waals surface area (Å²) in [4.78, 5) is 15.1. The zero-order valence-electron chi connectivity index (χ0n) is 20.4. The SMILES string of the molecule is O=C(OCC1c2ccccc2-c2ccccc21)N1C2C=C(c3ccc(OC(F)(F)F)c(F)c3)CC1CCC2. The second-order valence-electron chi connectivity index (χ2n) is 9.95. The summed E-state index contributed by atoms with van der Waals surface area (Å²) < 4.78 is 61.5. The monoisotopic (exact) mass is 523 g/mol. The highest BCUT2D eigenvalue weighted by Gasteiger charge is 2.39. The first-order valence-electron chi connectivity index (χ1n) is 12.7. The molecule has 1 aliphatic carbocycles. The van der Waals surface area contributed by atoms with Gasteiger partial charge >= 0.3 is 12.5 Å². The van der Waals surface area contributed by atoms with E-state index < -0.39 is 17.9 Å². The van der Waals surface area contributed by atoms with Crippen molar-refractivity contribution in [3.05, 3.63) is 95.3 Å². The van der Waals surface area contributed by atoms with Crippen molar-refractivity contribution in [3.63, 3.8) is 0 Å². The average molecular weight is 524 g/mol. The highest BCUT2D eigenvalue weighted by atomic mass is 19.4. The molecule has 2 bridgehead atoms. The Balaban J connectivity index is 1.19. The number of rotatable bonds is 4. The molecule has 0 spiro atoms. The molecule has 3 aromatic rings. The smallest absolute Gasteiger partial charge is 0.448 e. The number of halogens is 4. The van der Waals surface area contributed by atoms with Crippen LogP contribution in [0.2, 0.25) is 0 Å². The van der Waals surface area contributed by atoms with Crippen molar-refractivity contribution in [2.24, 2.45) is 0 Å². The molecular formula is C30H25F4NO3. The van der Waals surface area contributed by atoms with E-state index in [9.17, 15) is 22.4 Å². The van der Waals surface area contributed by atoms with Crippen LogP contribution in [0.3, 0.4) is 0 Å². The second kappa shape index (κ2) is 9.49. The average Bonchev–Trinajstić information content (AvgIpc) is 3.20. The Labute approximate surface area is 217 Å². The lowest BCUT2D eigenvalue weighted by atomic mass is 9.83. The van der Waals surface area contributed by atoms with Gasteiger partial charge in [-0.25, -0.2) is 9.18 Å². The van der Waals surface area contributed by atoms with Gasteiger partial charge in [-0.15, -0.1) is 13.2 Å². The van der Waals surface area contributed by atoms with E-state index >= 15 is 0 Å². The molecule has 2 heterocycles. The van der Waals surface area contributed by atoms with Crippen molar-refractivity contribution in [2.75, 3.05) is 6.61 Å². The molecule has 38 heavy (non-hydrogen) atoms. The molecule has 3 aromatic carbocycles. The van der Waals surface area contributed by atoms with Gasteiger partial charge in [0.15, 0.2) is 11.6 Å². The third-order valence-electron chi connectivity index (χ3n) is 7.71. The number of carbonyl (C=O) groups excluding carboxylic acids is 1. The van der Waals surface area contributed by atoms with Crippen LogP contribution in [0.25, 0.3) is 16.7 Å². The second-order valence-corrected chi connectivity index (χ2v) is 9.95. The van der Waals surface area contributed by atoms with Crippen molar-refractivity contribution < 1.29 is 31.8 Å². The zero-order valence-corrected chi connectivity index (χ0v) is 20.4. The summed E-state index contributed by atoms with van der Waals surface area (Å²) in [7, 11) is 0. The summed E-state index contributed by atoms with van der Waals surface area (Å²) in [5.41, 5.74) is 5.89. The van der Waals surface area contributed by atoms with Gasteiger partial charge in [0.25, 0.3) is 0 Å². The van der Waals surface area contributed by atoms with Crippen LogP contribution < -0.4 is 4.74 Å². The first-order valence-corrected chi connectivity index (χ1v) is 12.7. The van der Waals surface area contributed by atoms with Gasteiger partial charge in [0.1, 0.15) is 6.61 Å². The fraction of sp³-hybridized carbons (Fsp3) is 0.300. The number of amides is 1. The molecule has 4 nitrogen and oxygen atoms in total. The molecule has 2 unspecified atom stereocenters. The number of hydrogen-bond acceptors (Lipinski definition) is 3. The molecule has 2 atom stereocenters. The Morgan fingerprint density at radius 2 is 1.63 bits per heavy atom. The van der Waals surface area contributed by atoms with E-state index in [1.807, 2.05) is 30.3 Å². The number of hydrogen-bond donors (Lipinski definition) is 0. The number of carbonyl (C=O) groups is 1. The summed E-state index contributed by atoms with van der Waals surface area (Å²) >= 11 is 0. The largest absolute Gasteiger partial charge is 0.573 e. The van der Waals surface area contributed by atoms with Crippen LogP contribution in [0, 0.1) is 5.82 Å². The molecule has 8 heteroatoms. The summed E-state index contributed by atoms with van der Waals surface area (Å²) in [6.07, 6.45) is -0.503. The van der Waals surface area contributed by atoms with E-state index in [1.54, 1.807) is 4.90 Å². The molecule has 0 saturated carbocycles. The van der Waals surface area contributed by atoms with Gasteiger partial charge in [0, 0.05) is 12.0 Å². The highest BCUT2D eigenvalue weighted by molar-refractivity contribution is 5.79. The number of fused-ring (bicyclic) bond motifs is 5. The fourth-order valence-electron chi connectivity index (χ4n) is 6.10. The number of benzene rings is 3. The van der Waals surface area contributed by atoms with Gasteiger partial charge in [-0.3, -0.25) is 4.90 Å². The van der Waals surface area contributed by atoms with E-state index in [0.29, 0.717) is 12.0 Å². The number of ether oxygens (including phenoxy) is 2. The summed E-state index contributed by atoms with van der Waals surface area (Å²) in [6, 6.07) is 19.4. The van der Waals surface area contributed by atoms with Crippen molar-refractivity contribution in [2.45, 2.75) is 50.0 Å². The molecule has 196 valence electrons. The molecule has 0 radical (unpaired) electrons. The van der Waals surface area contributed by atoms with Gasteiger partial charge in [0.05, 0.1) is 6.04 Å². The minimum Gasteiger partial charge on any atom is -0.448 e. The van der Waals surface area contributed by atoms with Crippen molar-refractivity contribution in [3.8, 4) is 16.9 Å². The summed E-state index contributed by atoms with van der Waals surface area (Å²) in [5.74, 6) is -1.98. The van der Waals surface area contributed by atoms with E-state index in [2.05, 4.69) is 29.0 Å². The van der Waals surface area contributed by atoms with Crippen LogP contribution in [0.1, 0.15) is 48.3 Å². The van der Waals surface area contributed by atoms with Crippen LogP contribution in [-0.2, 0) is 4.74 Å². The molecule has 6 rings (SSSR count). The van der Waals surface area contributed by atoms with Gasteiger partial charge in [-0.1, -0.05) is 60.7 Å². The van der Waals surface area contributed by atoms with Crippen molar-refractivity contribution in [1.29, 1.82) is 0 Å². The third kappa shape index (κ3) is 4.52. The number of alkyl halides is 3. The van der Waals surface area contributed by atoms with E-state index in [1.165, 1.54) is 6.07 Å². The lowest BCUT2D eigenvalue weighted by Crippen LogP contribution is -2.51. The minimum absolute atomic E-state index is 0.0394. The molecule has 3 aliphatic rings. The van der Waals surface area contributed by atoms with Crippen LogP contribution in [0.15, 0.2) is 72.8 Å². The quantitative estimate of drug-likeness (QED) is 0.329. The molecule has 1 fully saturated rings. The van der Waals surface area contributed by atoms with E-state index in [0.717, 1.165) is 59.2 Å². The van der Waals surface area contributed by atoms with Crippen molar-refractivity contribution in [1.82, 2.24) is 4.90 Å². The fourth-order valence-corrected chi connectivity index (χ4v) is 6.10. The summed E-state index contributed by atoms with van der Waals surface area (Å²) in [6.45, 7) is 0.227. The van der Waals surface area contributed by atoms with Gasteiger partial charge < -0.3 is 9.47 Å². The first-order chi connectivity index (χ1) is 18.3. The predicted octanol–water partition coefficient (Wildman–Crippen LogP) is 7.68. The Bertz CT molecular complexity index is 1370. The topological polar surface area (TPSA) is 38.8 Å². The van der Waals surface area contributed by atoms with Gasteiger partial charge in [-0.05, 0) is 71.2 Å². The van der Waals surface area contributed by atoms with E-state index in [-0.39, 0.29) is 30.7 Å². The summed E-state index contributed by atoms with van der Waals surface area (Å²) in [5, 5.41) is 0. The lowest BCUT2D eigenvalue weighted by molar-refractivity contribution is -0.275. The normalized spacial score (nSPS) is 20.4. The number of piperidine rings is 1.